The molecule has 0 spiro atoms. The van der Waals surface area contributed by atoms with Crippen LogP contribution in [0.4, 0.5) is 0 Å². The van der Waals surface area contributed by atoms with Crippen molar-refractivity contribution in [3.05, 3.63) is 35.9 Å². The predicted octanol–water partition coefficient (Wildman–Crippen LogP) is 2.41. The fourth-order valence-electron chi connectivity index (χ4n) is 5.02. The molecular weight excluding hydrogens is 318 g/mol. The Balaban J connectivity index is 2.21. The number of aromatic hydroxyl groups is 2. The number of carbonyl (C=O) groups is 1. The van der Waals surface area contributed by atoms with Crippen LogP contribution >= 0.6 is 0 Å². The van der Waals surface area contributed by atoms with Crippen molar-refractivity contribution in [2.24, 2.45) is 0 Å². The zero-order valence-corrected chi connectivity index (χ0v) is 15.0. The summed E-state index contributed by atoms with van der Waals surface area (Å²) in [5, 5.41) is 32.5. The lowest BCUT2D eigenvalue weighted by Gasteiger charge is -2.59. The van der Waals surface area contributed by atoms with Crippen LogP contribution in [0.3, 0.4) is 0 Å². The molecule has 136 valence electrons. The Kier molecular flexibility index (Phi) is 4.41. The third-order valence-electron chi connectivity index (χ3n) is 6.38. The van der Waals surface area contributed by atoms with Gasteiger partial charge in [0.2, 0.25) is 0 Å². The van der Waals surface area contributed by atoms with Crippen LogP contribution in [0.25, 0.3) is 0 Å². The first-order chi connectivity index (χ1) is 11.8. The number of Topliss-reactive ketones (excluding diaryl/α,β-unsaturated/α-hetero) is 1. The van der Waals surface area contributed by atoms with Crippen LogP contribution in [0.5, 0.6) is 11.5 Å². The second-order valence-electron chi connectivity index (χ2n) is 7.56. The van der Waals surface area contributed by atoms with Gasteiger partial charge >= 0.3 is 0 Å². The molecule has 0 aromatic heterocycles. The number of fused-ring (bicyclic) bond motifs is 1. The van der Waals surface area contributed by atoms with Crippen molar-refractivity contribution < 1.29 is 20.1 Å². The molecule has 1 saturated carbocycles. The first-order valence-corrected chi connectivity index (χ1v) is 8.88. The second kappa shape index (κ2) is 6.15. The van der Waals surface area contributed by atoms with Gasteiger partial charge in [-0.15, -0.1) is 6.58 Å². The molecule has 0 radical (unpaired) electrons. The molecule has 1 aromatic carbocycles. The summed E-state index contributed by atoms with van der Waals surface area (Å²) in [7, 11) is 0. The van der Waals surface area contributed by atoms with Crippen LogP contribution in [-0.4, -0.2) is 50.7 Å². The summed E-state index contributed by atoms with van der Waals surface area (Å²) in [5.74, 6) is -0.329. The molecule has 0 amide bonds. The Labute approximate surface area is 148 Å². The summed E-state index contributed by atoms with van der Waals surface area (Å²) in [6.45, 7) is 8.98. The van der Waals surface area contributed by atoms with Crippen LogP contribution in [0, 0.1) is 6.92 Å². The highest BCUT2D eigenvalue weighted by atomic mass is 16.3. The highest BCUT2D eigenvalue weighted by Crippen LogP contribution is 2.56. The number of aliphatic hydroxyl groups is 1. The molecule has 1 aromatic rings. The number of hydrogen-bond donors (Lipinski definition) is 3. The summed E-state index contributed by atoms with van der Waals surface area (Å²) in [4.78, 5) is 14.5. The maximum atomic E-state index is 12.4. The number of likely N-dealkylation sites (tertiary alicyclic amines) is 1. The van der Waals surface area contributed by atoms with E-state index in [9.17, 15) is 20.1 Å². The fraction of sp³-hybridized carbons (Fsp3) is 0.550. The highest BCUT2D eigenvalue weighted by Gasteiger charge is 2.62. The van der Waals surface area contributed by atoms with Gasteiger partial charge in [-0.05, 0) is 44.9 Å². The van der Waals surface area contributed by atoms with Gasteiger partial charge < -0.3 is 15.3 Å². The molecule has 3 rings (SSSR count). The predicted molar refractivity (Wildman–Crippen MR) is 95.8 cm³/mol. The molecule has 1 aliphatic heterocycles. The molecule has 5 nitrogen and oxygen atoms in total. The van der Waals surface area contributed by atoms with Crippen LogP contribution in [0.2, 0.25) is 0 Å². The molecule has 2 unspecified atom stereocenters. The average molecular weight is 345 g/mol. The highest BCUT2D eigenvalue weighted by molar-refractivity contribution is 5.82. The van der Waals surface area contributed by atoms with E-state index in [-0.39, 0.29) is 29.7 Å². The molecule has 3 N–H and O–H groups in total. The average Bonchev–Trinajstić information content (AvgIpc) is 2.57. The van der Waals surface area contributed by atoms with E-state index in [1.54, 1.807) is 6.07 Å². The van der Waals surface area contributed by atoms with Crippen molar-refractivity contribution in [2.45, 2.75) is 56.6 Å². The Hall–Kier alpha value is -1.85. The van der Waals surface area contributed by atoms with E-state index in [2.05, 4.69) is 11.5 Å². The van der Waals surface area contributed by atoms with Gasteiger partial charge in [-0.1, -0.05) is 12.1 Å². The number of piperidine rings is 1. The van der Waals surface area contributed by atoms with E-state index in [4.69, 9.17) is 0 Å². The van der Waals surface area contributed by atoms with Crippen LogP contribution in [0.15, 0.2) is 24.8 Å². The number of ketones is 1. The van der Waals surface area contributed by atoms with Gasteiger partial charge in [-0.2, -0.15) is 0 Å². The van der Waals surface area contributed by atoms with E-state index < -0.39 is 11.0 Å². The van der Waals surface area contributed by atoms with Gasteiger partial charge in [0.05, 0.1) is 5.60 Å². The molecule has 5 heteroatoms. The lowest BCUT2D eigenvalue weighted by atomic mass is 9.53. The van der Waals surface area contributed by atoms with Crippen molar-refractivity contribution >= 4 is 5.78 Å². The van der Waals surface area contributed by atoms with Crippen molar-refractivity contribution in [3.8, 4) is 11.5 Å². The summed E-state index contributed by atoms with van der Waals surface area (Å²) in [6.07, 6.45) is 3.25. The minimum atomic E-state index is -1.15. The van der Waals surface area contributed by atoms with Crippen LogP contribution in [-0.2, 0) is 10.2 Å². The number of nitrogens with zero attached hydrogens (tertiary/aromatic N) is 1. The van der Waals surface area contributed by atoms with E-state index in [0.717, 1.165) is 5.56 Å². The molecule has 2 aliphatic rings. The van der Waals surface area contributed by atoms with E-state index in [0.29, 0.717) is 37.9 Å². The zero-order chi connectivity index (χ0) is 18.4. The quantitative estimate of drug-likeness (QED) is 0.579. The standard InChI is InChI=1S/C20H27NO4/c1-4-10-21-11-9-19(17-13(2)5-6-16(23)18(17)24)12-15(22)7-8-20(19,25)14(21)3/h4-6,14,23-25H,1,7-12H2,2-3H3/t14?,19-,20?/m1/s1. The lowest BCUT2D eigenvalue weighted by Crippen LogP contribution is -2.69. The molecule has 3 atom stereocenters. The maximum Gasteiger partial charge on any atom is 0.161 e. The van der Waals surface area contributed by atoms with Gasteiger partial charge in [0, 0.05) is 36.4 Å². The summed E-state index contributed by atoms with van der Waals surface area (Å²) in [5.41, 5.74) is -0.731. The van der Waals surface area contributed by atoms with Gasteiger partial charge in [0.25, 0.3) is 0 Å². The van der Waals surface area contributed by atoms with Crippen LogP contribution in [0.1, 0.15) is 43.7 Å². The Morgan fingerprint density at radius 2 is 2.08 bits per heavy atom. The monoisotopic (exact) mass is 345 g/mol. The molecule has 1 heterocycles. The SMILES string of the molecule is C=CCN1CC[C@]2(c3c(C)ccc(O)c3O)CC(=O)CCC2(O)C1C. The number of carbonyl (C=O) groups excluding carboxylic acids is 1. The first kappa shape index (κ1) is 18.0. The summed E-state index contributed by atoms with van der Waals surface area (Å²) >= 11 is 0. The minimum absolute atomic E-state index is 0.0937. The Morgan fingerprint density at radius 1 is 1.36 bits per heavy atom. The molecular formula is C20H27NO4. The number of hydrogen-bond acceptors (Lipinski definition) is 5. The van der Waals surface area contributed by atoms with Gasteiger partial charge in [0.15, 0.2) is 11.5 Å². The van der Waals surface area contributed by atoms with Gasteiger partial charge in [-0.3, -0.25) is 9.69 Å². The first-order valence-electron chi connectivity index (χ1n) is 8.88. The fourth-order valence-corrected chi connectivity index (χ4v) is 5.02. The van der Waals surface area contributed by atoms with Crippen molar-refractivity contribution in [2.75, 3.05) is 13.1 Å². The Bertz CT molecular complexity index is 716. The summed E-state index contributed by atoms with van der Waals surface area (Å²) in [6, 6.07) is 3.00. The molecule has 2 fully saturated rings. The Morgan fingerprint density at radius 3 is 2.76 bits per heavy atom. The number of phenols is 2. The van der Waals surface area contributed by atoms with Gasteiger partial charge in [0.1, 0.15) is 5.78 Å². The number of phenolic OH excluding ortho intramolecular Hbond substituents is 2. The van der Waals surface area contributed by atoms with Crippen molar-refractivity contribution in [1.82, 2.24) is 4.90 Å². The third kappa shape index (κ3) is 2.49. The second-order valence-corrected chi connectivity index (χ2v) is 7.56. The molecule has 1 aliphatic carbocycles. The van der Waals surface area contributed by atoms with Crippen molar-refractivity contribution in [3.63, 3.8) is 0 Å². The van der Waals surface area contributed by atoms with E-state index >= 15 is 0 Å². The zero-order valence-electron chi connectivity index (χ0n) is 15.0. The molecule has 25 heavy (non-hydrogen) atoms. The molecule has 1 saturated heterocycles. The smallest absolute Gasteiger partial charge is 0.161 e. The van der Waals surface area contributed by atoms with Crippen LogP contribution < -0.4 is 0 Å². The van der Waals surface area contributed by atoms with Gasteiger partial charge in [-0.25, -0.2) is 0 Å². The van der Waals surface area contributed by atoms with E-state index in [1.807, 2.05) is 19.9 Å². The summed E-state index contributed by atoms with van der Waals surface area (Å²) < 4.78 is 0. The number of aryl methyl sites for hydroxylation is 1. The molecule has 0 bridgehead atoms. The normalized spacial score (nSPS) is 33.1. The largest absolute Gasteiger partial charge is 0.504 e. The van der Waals surface area contributed by atoms with E-state index in [1.165, 1.54) is 6.07 Å². The topological polar surface area (TPSA) is 81.0 Å². The lowest BCUT2D eigenvalue weighted by molar-refractivity contribution is -0.163. The minimum Gasteiger partial charge on any atom is -0.504 e. The third-order valence-corrected chi connectivity index (χ3v) is 6.38. The van der Waals surface area contributed by atoms with Crippen molar-refractivity contribution in [1.29, 1.82) is 0 Å². The number of benzene rings is 1. The maximum absolute atomic E-state index is 12.4. The number of rotatable bonds is 3.